The molecule has 9 heteroatoms. The average molecular weight is 520 g/mol. The van der Waals surface area contributed by atoms with E-state index in [2.05, 4.69) is 22.0 Å². The Morgan fingerprint density at radius 2 is 1.73 bits per heavy atom. The molecular formula is C28H33N5O3S. The number of aldehydes is 1. The highest BCUT2D eigenvalue weighted by atomic mass is 32.1. The van der Waals surface area contributed by atoms with E-state index >= 15 is 0 Å². The van der Waals surface area contributed by atoms with Crippen molar-refractivity contribution in [2.75, 3.05) is 30.8 Å². The summed E-state index contributed by atoms with van der Waals surface area (Å²) in [7, 11) is 1.78. The minimum Gasteiger partial charge on any atom is -0.325 e. The number of nitrogens with zero attached hydrogens (tertiary/aromatic N) is 2. The third kappa shape index (κ3) is 6.16. The minimum atomic E-state index is -1.03. The lowest BCUT2D eigenvalue weighted by atomic mass is 9.94. The summed E-state index contributed by atoms with van der Waals surface area (Å²) in [5, 5.41) is 20.0. The molecule has 0 spiro atoms. The number of amides is 3. The molecule has 0 saturated carbocycles. The topological polar surface area (TPSA) is 114 Å². The van der Waals surface area contributed by atoms with Crippen LogP contribution in [-0.4, -0.2) is 48.8 Å². The van der Waals surface area contributed by atoms with Gasteiger partial charge in [-0.3, -0.25) is 10.1 Å². The van der Waals surface area contributed by atoms with Crippen molar-refractivity contribution in [3.05, 3.63) is 58.5 Å². The zero-order valence-corrected chi connectivity index (χ0v) is 22.9. The molecule has 0 bridgehead atoms. The fourth-order valence-corrected chi connectivity index (χ4v) is 4.96. The van der Waals surface area contributed by atoms with Crippen molar-refractivity contribution in [1.82, 2.24) is 10.2 Å². The van der Waals surface area contributed by atoms with Crippen LogP contribution in [0.15, 0.2) is 42.5 Å². The number of hydrogen-bond acceptors (Lipinski definition) is 6. The van der Waals surface area contributed by atoms with E-state index in [4.69, 9.17) is 0 Å². The number of benzene rings is 2. The van der Waals surface area contributed by atoms with Crippen LogP contribution in [0, 0.1) is 11.3 Å². The standard InChI is InChI=1S/C28H33N5O3S/c1-27(2,3)23-15-21(25(35)33(14-13-30-6)28(4,5)17-34)24(37-23)32-26(36)31-22-12-11-18(16-29)19-9-7-8-10-20(19)22/h7-12,15,17,30H,13-14H2,1-6H3,(H2,31,32,36). The Labute approximate surface area is 221 Å². The van der Waals surface area contributed by atoms with Gasteiger partial charge in [-0.25, -0.2) is 4.79 Å². The van der Waals surface area contributed by atoms with Crippen molar-refractivity contribution in [2.24, 2.45) is 0 Å². The largest absolute Gasteiger partial charge is 0.325 e. The first-order valence-corrected chi connectivity index (χ1v) is 12.8. The van der Waals surface area contributed by atoms with Crippen molar-refractivity contribution in [3.8, 4) is 6.07 Å². The second-order valence-electron chi connectivity index (χ2n) is 10.3. The van der Waals surface area contributed by atoms with Gasteiger partial charge >= 0.3 is 6.03 Å². The quantitative estimate of drug-likeness (QED) is 0.347. The Morgan fingerprint density at radius 1 is 1.05 bits per heavy atom. The van der Waals surface area contributed by atoms with E-state index in [9.17, 15) is 19.6 Å². The smallest absolute Gasteiger partial charge is 0.324 e. The Bertz CT molecular complexity index is 1360. The maximum Gasteiger partial charge on any atom is 0.324 e. The highest BCUT2D eigenvalue weighted by molar-refractivity contribution is 7.16. The number of thiophene rings is 1. The zero-order chi connectivity index (χ0) is 27.4. The van der Waals surface area contributed by atoms with Crippen molar-refractivity contribution < 1.29 is 14.4 Å². The lowest BCUT2D eigenvalue weighted by Crippen LogP contribution is -2.51. The number of hydrogen-bond donors (Lipinski definition) is 3. The molecule has 0 fully saturated rings. The molecule has 1 aromatic heterocycles. The highest BCUT2D eigenvalue weighted by Crippen LogP contribution is 2.37. The molecule has 3 aromatic rings. The molecule has 37 heavy (non-hydrogen) atoms. The van der Waals surface area contributed by atoms with Crippen LogP contribution in [0.1, 0.15) is 55.4 Å². The SMILES string of the molecule is CNCCN(C(=O)c1cc(C(C)(C)C)sc1NC(=O)Nc1ccc(C#N)c2ccccc12)C(C)(C)C=O. The Morgan fingerprint density at radius 3 is 2.32 bits per heavy atom. The average Bonchev–Trinajstić information content (AvgIpc) is 3.28. The monoisotopic (exact) mass is 519 g/mol. The second-order valence-corrected chi connectivity index (χ2v) is 11.4. The number of carbonyl (C=O) groups excluding carboxylic acids is 3. The van der Waals surface area contributed by atoms with Crippen molar-refractivity contribution in [2.45, 2.75) is 45.6 Å². The fourth-order valence-electron chi connectivity index (χ4n) is 3.86. The number of carbonyl (C=O) groups is 3. The van der Waals surface area contributed by atoms with Gasteiger partial charge in [-0.1, -0.05) is 45.0 Å². The second kappa shape index (κ2) is 11.1. The van der Waals surface area contributed by atoms with Gasteiger partial charge in [0.1, 0.15) is 11.3 Å². The van der Waals surface area contributed by atoms with E-state index in [0.29, 0.717) is 34.9 Å². The summed E-state index contributed by atoms with van der Waals surface area (Å²) < 4.78 is 0. The molecule has 0 radical (unpaired) electrons. The summed E-state index contributed by atoms with van der Waals surface area (Å²) >= 11 is 1.34. The van der Waals surface area contributed by atoms with Gasteiger partial charge in [-0.15, -0.1) is 11.3 Å². The van der Waals surface area contributed by atoms with E-state index in [1.807, 2.05) is 45.0 Å². The molecule has 0 aliphatic carbocycles. The fraction of sp³-hybridized carbons (Fsp3) is 0.357. The molecule has 0 atom stereocenters. The zero-order valence-electron chi connectivity index (χ0n) is 22.1. The lowest BCUT2D eigenvalue weighted by Gasteiger charge is -2.34. The van der Waals surface area contributed by atoms with Crippen LogP contribution in [0.5, 0.6) is 0 Å². The molecule has 1 heterocycles. The van der Waals surface area contributed by atoms with Crippen LogP contribution in [0.4, 0.5) is 15.5 Å². The molecule has 3 N–H and O–H groups in total. The van der Waals surface area contributed by atoms with E-state index in [1.165, 1.54) is 16.2 Å². The molecule has 0 aliphatic heterocycles. The van der Waals surface area contributed by atoms with Crippen LogP contribution in [0.3, 0.4) is 0 Å². The minimum absolute atomic E-state index is 0.255. The van der Waals surface area contributed by atoms with Gasteiger partial charge in [0.05, 0.1) is 28.4 Å². The van der Waals surface area contributed by atoms with Gasteiger partial charge in [0, 0.05) is 28.7 Å². The maximum absolute atomic E-state index is 13.7. The van der Waals surface area contributed by atoms with Gasteiger partial charge in [-0.05, 0) is 44.5 Å². The predicted molar refractivity (Wildman–Crippen MR) is 149 cm³/mol. The van der Waals surface area contributed by atoms with Crippen LogP contribution in [-0.2, 0) is 10.2 Å². The van der Waals surface area contributed by atoms with Crippen LogP contribution in [0.25, 0.3) is 10.8 Å². The van der Waals surface area contributed by atoms with Gasteiger partial charge in [0.2, 0.25) is 0 Å². The summed E-state index contributed by atoms with van der Waals surface area (Å²) in [4.78, 5) is 41.2. The van der Waals surface area contributed by atoms with Crippen LogP contribution >= 0.6 is 11.3 Å². The molecule has 0 aliphatic rings. The maximum atomic E-state index is 13.7. The third-order valence-electron chi connectivity index (χ3n) is 6.04. The van der Waals surface area contributed by atoms with E-state index in [0.717, 1.165) is 21.9 Å². The molecule has 8 nitrogen and oxygen atoms in total. The van der Waals surface area contributed by atoms with Crippen molar-refractivity contribution in [3.63, 3.8) is 0 Å². The Kier molecular flexibility index (Phi) is 8.36. The number of rotatable bonds is 8. The molecule has 0 unspecified atom stereocenters. The Hall–Kier alpha value is -3.74. The van der Waals surface area contributed by atoms with Crippen LogP contribution in [0.2, 0.25) is 0 Å². The number of nitrogens with one attached hydrogen (secondary N) is 3. The van der Waals surface area contributed by atoms with E-state index in [1.54, 1.807) is 39.1 Å². The number of fused-ring (bicyclic) bond motifs is 1. The molecular weight excluding hydrogens is 486 g/mol. The number of urea groups is 1. The first-order chi connectivity index (χ1) is 17.4. The Balaban J connectivity index is 1.97. The number of nitriles is 1. The normalized spacial score (nSPS) is 11.6. The van der Waals surface area contributed by atoms with E-state index in [-0.39, 0.29) is 11.3 Å². The molecule has 194 valence electrons. The summed E-state index contributed by atoms with van der Waals surface area (Å²) in [6.45, 7) is 10.3. The summed E-state index contributed by atoms with van der Waals surface area (Å²) in [5.41, 5.74) is 0.113. The molecule has 0 saturated heterocycles. The number of anilines is 2. The van der Waals surface area contributed by atoms with Gasteiger partial charge in [0.25, 0.3) is 5.91 Å². The van der Waals surface area contributed by atoms with Crippen molar-refractivity contribution in [1.29, 1.82) is 5.26 Å². The predicted octanol–water partition coefficient (Wildman–Crippen LogP) is 5.35. The van der Waals surface area contributed by atoms with Gasteiger partial charge in [0.15, 0.2) is 0 Å². The number of likely N-dealkylation sites (N-methyl/N-ethyl adjacent to an activating group) is 1. The van der Waals surface area contributed by atoms with Gasteiger partial charge in [-0.2, -0.15) is 5.26 Å². The highest BCUT2D eigenvalue weighted by Gasteiger charge is 2.34. The van der Waals surface area contributed by atoms with Crippen LogP contribution < -0.4 is 16.0 Å². The first kappa shape index (κ1) is 27.8. The summed E-state index contributed by atoms with van der Waals surface area (Å²) in [5.74, 6) is -0.335. The third-order valence-corrected chi connectivity index (χ3v) is 7.51. The van der Waals surface area contributed by atoms with E-state index < -0.39 is 11.6 Å². The molecule has 3 amide bonds. The first-order valence-electron chi connectivity index (χ1n) is 12.0. The van der Waals surface area contributed by atoms with Gasteiger partial charge < -0.3 is 20.3 Å². The summed E-state index contributed by atoms with van der Waals surface area (Å²) in [6.07, 6.45) is 0.757. The van der Waals surface area contributed by atoms with Crippen molar-refractivity contribution >= 4 is 51.0 Å². The summed E-state index contributed by atoms with van der Waals surface area (Å²) in [6, 6.07) is 14.2. The lowest BCUT2D eigenvalue weighted by molar-refractivity contribution is -0.115. The molecule has 2 aromatic carbocycles. The molecule has 3 rings (SSSR count).